The Hall–Kier alpha value is -0.860. The second-order valence-corrected chi connectivity index (χ2v) is 5.78. The Morgan fingerprint density at radius 3 is 2.79 bits per heavy atom. The zero-order valence-electron chi connectivity index (χ0n) is 9.75. The Balaban J connectivity index is 1.75. The average molecular weight is 354 g/mol. The highest BCUT2D eigenvalue weighted by molar-refractivity contribution is 9.10. The zero-order valence-corrected chi connectivity index (χ0v) is 12.1. The Morgan fingerprint density at radius 1 is 1.42 bits per heavy atom. The highest BCUT2D eigenvalue weighted by atomic mass is 79.9. The van der Waals surface area contributed by atoms with Crippen LogP contribution in [0.2, 0.25) is 0 Å². The molecule has 2 rings (SSSR count). The van der Waals surface area contributed by atoms with Crippen molar-refractivity contribution in [3.8, 4) is 0 Å². The standard InChI is InChI=1S/C11H11BrF3N3S/c12-8-5-9(19-7-8)6-16-2-4-18-3-1-10(17-18)11(13,14)15/h1,3,5,7,16H,2,4,6H2. The van der Waals surface area contributed by atoms with E-state index in [0.29, 0.717) is 19.6 Å². The molecule has 2 aromatic rings. The molecule has 0 amide bonds. The minimum Gasteiger partial charge on any atom is -0.310 e. The van der Waals surface area contributed by atoms with Crippen molar-refractivity contribution in [2.75, 3.05) is 6.54 Å². The van der Waals surface area contributed by atoms with Crippen LogP contribution in [-0.4, -0.2) is 16.3 Å². The number of aromatic nitrogens is 2. The molecule has 0 aliphatic carbocycles. The number of rotatable bonds is 5. The summed E-state index contributed by atoms with van der Waals surface area (Å²) in [5.74, 6) is 0. The van der Waals surface area contributed by atoms with Gasteiger partial charge in [0.05, 0.1) is 6.54 Å². The summed E-state index contributed by atoms with van der Waals surface area (Å²) in [5, 5.41) is 8.62. The molecular weight excluding hydrogens is 343 g/mol. The first-order valence-electron chi connectivity index (χ1n) is 5.49. The van der Waals surface area contributed by atoms with Crippen LogP contribution < -0.4 is 5.32 Å². The fourth-order valence-corrected chi connectivity index (χ4v) is 2.91. The first kappa shape index (κ1) is 14.5. The van der Waals surface area contributed by atoms with Crippen molar-refractivity contribution in [2.45, 2.75) is 19.3 Å². The van der Waals surface area contributed by atoms with Gasteiger partial charge in [0, 0.05) is 34.0 Å². The van der Waals surface area contributed by atoms with E-state index >= 15 is 0 Å². The molecule has 3 nitrogen and oxygen atoms in total. The first-order valence-corrected chi connectivity index (χ1v) is 7.17. The van der Waals surface area contributed by atoms with Crippen molar-refractivity contribution in [1.29, 1.82) is 0 Å². The van der Waals surface area contributed by atoms with Crippen molar-refractivity contribution in [1.82, 2.24) is 15.1 Å². The van der Waals surface area contributed by atoms with Crippen LogP contribution in [0.1, 0.15) is 10.6 Å². The van der Waals surface area contributed by atoms with Gasteiger partial charge in [0.2, 0.25) is 0 Å². The van der Waals surface area contributed by atoms with Crippen LogP contribution in [0.5, 0.6) is 0 Å². The van der Waals surface area contributed by atoms with Gasteiger partial charge in [-0.1, -0.05) is 0 Å². The molecule has 0 radical (unpaired) electrons. The summed E-state index contributed by atoms with van der Waals surface area (Å²) in [7, 11) is 0. The van der Waals surface area contributed by atoms with E-state index in [4.69, 9.17) is 0 Å². The van der Waals surface area contributed by atoms with Gasteiger partial charge in [-0.25, -0.2) is 0 Å². The highest BCUT2D eigenvalue weighted by Gasteiger charge is 2.33. The number of alkyl halides is 3. The Kier molecular flexibility index (Phi) is 4.64. The number of hydrogen-bond acceptors (Lipinski definition) is 3. The lowest BCUT2D eigenvalue weighted by Crippen LogP contribution is -2.19. The minimum atomic E-state index is -4.37. The zero-order chi connectivity index (χ0) is 13.9. The van der Waals surface area contributed by atoms with Crippen molar-refractivity contribution in [3.05, 3.63) is 38.8 Å². The average Bonchev–Trinajstić information content (AvgIpc) is 2.93. The fourth-order valence-electron chi connectivity index (χ4n) is 1.49. The second kappa shape index (κ2) is 6.06. The van der Waals surface area contributed by atoms with Crippen LogP contribution in [0.15, 0.2) is 28.2 Å². The molecule has 0 saturated heterocycles. The molecule has 2 heterocycles. The van der Waals surface area contributed by atoms with Crippen LogP contribution in [0.4, 0.5) is 13.2 Å². The summed E-state index contributed by atoms with van der Waals surface area (Å²) in [4.78, 5) is 1.17. The maximum atomic E-state index is 12.3. The smallest absolute Gasteiger partial charge is 0.310 e. The molecule has 0 saturated carbocycles. The molecule has 1 N–H and O–H groups in total. The third-order valence-electron chi connectivity index (χ3n) is 2.37. The maximum absolute atomic E-state index is 12.3. The highest BCUT2D eigenvalue weighted by Crippen LogP contribution is 2.27. The molecule has 104 valence electrons. The molecule has 2 aromatic heterocycles. The van der Waals surface area contributed by atoms with Gasteiger partial charge < -0.3 is 5.32 Å². The molecular formula is C11H11BrF3N3S. The van der Waals surface area contributed by atoms with Gasteiger partial charge in [0.15, 0.2) is 5.69 Å². The normalized spacial score (nSPS) is 12.0. The van der Waals surface area contributed by atoms with Gasteiger partial charge in [0.25, 0.3) is 0 Å². The number of halogens is 4. The molecule has 0 aromatic carbocycles. The van der Waals surface area contributed by atoms with E-state index in [9.17, 15) is 13.2 Å². The SMILES string of the molecule is FC(F)(F)c1ccn(CCNCc2cc(Br)cs2)n1. The summed E-state index contributed by atoms with van der Waals surface area (Å²) in [6, 6.07) is 2.99. The molecule has 8 heteroatoms. The van der Waals surface area contributed by atoms with E-state index in [1.165, 1.54) is 15.8 Å². The predicted molar refractivity (Wildman–Crippen MR) is 71.0 cm³/mol. The lowest BCUT2D eigenvalue weighted by molar-refractivity contribution is -0.141. The molecule has 0 unspecified atom stereocenters. The van der Waals surface area contributed by atoms with Crippen LogP contribution in [0.25, 0.3) is 0 Å². The first-order chi connectivity index (χ1) is 8.95. The quantitative estimate of drug-likeness (QED) is 0.833. The van der Waals surface area contributed by atoms with Crippen LogP contribution >= 0.6 is 27.3 Å². The van der Waals surface area contributed by atoms with E-state index in [0.717, 1.165) is 10.5 Å². The van der Waals surface area contributed by atoms with Crippen LogP contribution in [0, 0.1) is 0 Å². The topological polar surface area (TPSA) is 29.9 Å². The Bertz CT molecular complexity index is 535. The summed E-state index contributed by atoms with van der Waals surface area (Å²) in [5.41, 5.74) is -0.852. The van der Waals surface area contributed by atoms with Gasteiger partial charge in [-0.15, -0.1) is 11.3 Å². The molecule has 0 bridgehead atoms. The van der Waals surface area contributed by atoms with Crippen molar-refractivity contribution in [3.63, 3.8) is 0 Å². The van der Waals surface area contributed by atoms with Gasteiger partial charge >= 0.3 is 6.18 Å². The number of hydrogen-bond donors (Lipinski definition) is 1. The van der Waals surface area contributed by atoms with E-state index in [-0.39, 0.29) is 0 Å². The molecule has 0 fully saturated rings. The molecule has 0 aliphatic rings. The molecule has 0 spiro atoms. The molecule has 0 atom stereocenters. The lowest BCUT2D eigenvalue weighted by Gasteiger charge is -2.04. The minimum absolute atomic E-state index is 0.405. The summed E-state index contributed by atoms with van der Waals surface area (Å²) >= 11 is 4.98. The fraction of sp³-hybridized carbons (Fsp3) is 0.364. The van der Waals surface area contributed by atoms with Crippen molar-refractivity contribution in [2.24, 2.45) is 0 Å². The summed E-state index contributed by atoms with van der Waals surface area (Å²) in [6.45, 7) is 1.67. The number of nitrogens with zero attached hydrogens (tertiary/aromatic N) is 2. The summed E-state index contributed by atoms with van der Waals surface area (Å²) < 4.78 is 39.3. The third-order valence-corrected chi connectivity index (χ3v) is 4.07. The number of nitrogens with one attached hydrogen (secondary N) is 1. The Labute approximate surface area is 120 Å². The van der Waals surface area contributed by atoms with Gasteiger partial charge in [-0.2, -0.15) is 18.3 Å². The third kappa shape index (κ3) is 4.32. The lowest BCUT2D eigenvalue weighted by atomic mass is 10.4. The summed E-state index contributed by atoms with van der Waals surface area (Å²) in [6.07, 6.45) is -3.03. The Morgan fingerprint density at radius 2 is 2.21 bits per heavy atom. The van der Waals surface area contributed by atoms with Crippen LogP contribution in [-0.2, 0) is 19.3 Å². The van der Waals surface area contributed by atoms with Crippen molar-refractivity contribution >= 4 is 27.3 Å². The van der Waals surface area contributed by atoms with E-state index < -0.39 is 11.9 Å². The predicted octanol–water partition coefficient (Wildman–Crippen LogP) is 3.52. The van der Waals surface area contributed by atoms with Gasteiger partial charge in [0.1, 0.15) is 0 Å². The molecule has 0 aliphatic heterocycles. The largest absolute Gasteiger partial charge is 0.435 e. The van der Waals surface area contributed by atoms with Crippen molar-refractivity contribution < 1.29 is 13.2 Å². The van der Waals surface area contributed by atoms with Gasteiger partial charge in [-0.3, -0.25) is 4.68 Å². The monoisotopic (exact) mass is 353 g/mol. The van der Waals surface area contributed by atoms with E-state index in [1.807, 2.05) is 11.4 Å². The second-order valence-electron chi connectivity index (χ2n) is 3.87. The van der Waals surface area contributed by atoms with E-state index in [1.54, 1.807) is 11.3 Å². The van der Waals surface area contributed by atoms with Gasteiger partial charge in [-0.05, 0) is 28.1 Å². The molecule has 19 heavy (non-hydrogen) atoms. The van der Waals surface area contributed by atoms with Crippen LogP contribution in [0.3, 0.4) is 0 Å². The maximum Gasteiger partial charge on any atom is 0.435 e. The number of thiophene rings is 1. The van der Waals surface area contributed by atoms with E-state index in [2.05, 4.69) is 26.3 Å².